The molecule has 228 valence electrons. The van der Waals surface area contributed by atoms with E-state index in [0.717, 1.165) is 43.2 Å². The molecule has 0 spiro atoms. The summed E-state index contributed by atoms with van der Waals surface area (Å²) in [4.78, 5) is 25.2. The number of pyridine rings is 1. The van der Waals surface area contributed by atoms with Gasteiger partial charge in [-0.3, -0.25) is 9.48 Å². The van der Waals surface area contributed by atoms with Crippen molar-refractivity contribution in [2.45, 2.75) is 13.0 Å². The normalized spacial score (nSPS) is 13.0. The summed E-state index contributed by atoms with van der Waals surface area (Å²) in [5.74, 6) is -1.61. The summed E-state index contributed by atoms with van der Waals surface area (Å²) in [5.41, 5.74) is 4.33. The molecular formula is C33H27F2N5O3S2. The Bertz CT molecular complexity index is 2120. The number of aromatic nitrogens is 4. The van der Waals surface area contributed by atoms with Crippen LogP contribution in [0.2, 0.25) is 0 Å². The van der Waals surface area contributed by atoms with Crippen LogP contribution in [0.5, 0.6) is 5.75 Å². The van der Waals surface area contributed by atoms with E-state index in [1.807, 2.05) is 42.9 Å². The Morgan fingerprint density at radius 2 is 1.98 bits per heavy atom. The Kier molecular flexibility index (Phi) is 7.64. The lowest BCUT2D eigenvalue weighted by atomic mass is 9.97. The lowest BCUT2D eigenvalue weighted by Gasteiger charge is -2.24. The number of halogens is 2. The molecular weight excluding hydrogens is 617 g/mol. The van der Waals surface area contributed by atoms with Gasteiger partial charge in [-0.2, -0.15) is 5.10 Å². The summed E-state index contributed by atoms with van der Waals surface area (Å²) in [6.45, 7) is 4.88. The van der Waals surface area contributed by atoms with E-state index in [9.17, 15) is 9.18 Å². The number of nitrogens with zero attached hydrogens (tertiary/aromatic N) is 5. The maximum Gasteiger partial charge on any atom is 0.246 e. The van der Waals surface area contributed by atoms with Crippen molar-refractivity contribution in [1.82, 2.24) is 24.6 Å². The van der Waals surface area contributed by atoms with Crippen LogP contribution in [0.1, 0.15) is 10.6 Å². The van der Waals surface area contributed by atoms with Crippen molar-refractivity contribution in [2.75, 3.05) is 26.9 Å². The average Bonchev–Trinajstić information content (AvgIpc) is 3.77. The van der Waals surface area contributed by atoms with E-state index in [1.165, 1.54) is 41.9 Å². The fraction of sp³-hybridized carbons (Fsp3) is 0.212. The van der Waals surface area contributed by atoms with Crippen LogP contribution in [0.25, 0.3) is 54.1 Å². The quantitative estimate of drug-likeness (QED) is 0.131. The van der Waals surface area contributed by atoms with Crippen LogP contribution in [0.4, 0.5) is 8.78 Å². The Hall–Kier alpha value is -4.52. The van der Waals surface area contributed by atoms with Gasteiger partial charge < -0.3 is 14.4 Å². The zero-order chi connectivity index (χ0) is 31.2. The molecule has 1 aliphatic heterocycles. The van der Waals surface area contributed by atoms with E-state index in [4.69, 9.17) is 19.4 Å². The number of hydrogen-bond donors (Lipinski definition) is 0. The van der Waals surface area contributed by atoms with Gasteiger partial charge in [0, 0.05) is 76.9 Å². The van der Waals surface area contributed by atoms with Gasteiger partial charge in [-0.1, -0.05) is 12.6 Å². The largest absolute Gasteiger partial charge is 0.490 e. The van der Waals surface area contributed by atoms with E-state index in [2.05, 4.69) is 11.7 Å². The number of thiophene rings is 1. The SMILES string of the molecule is C=CC(=O)N1CCc2nc(-c3nc(-c4ccc5nn(C)cc5c4)c4ccsc4c3-c3c(F)cc(F)cc3OCCOC)sc2C1. The van der Waals surface area contributed by atoms with Crippen LogP contribution in [-0.2, 0) is 29.5 Å². The molecule has 0 bridgehead atoms. The van der Waals surface area contributed by atoms with Crippen molar-refractivity contribution in [3.05, 3.63) is 82.8 Å². The first-order valence-electron chi connectivity index (χ1n) is 14.2. The highest BCUT2D eigenvalue weighted by atomic mass is 32.1. The van der Waals surface area contributed by atoms with Gasteiger partial charge in [0.25, 0.3) is 0 Å². The molecule has 7 rings (SSSR count). The number of carbonyl (C=O) groups is 1. The first kappa shape index (κ1) is 29.2. The molecule has 0 atom stereocenters. The number of ether oxygens (including phenoxy) is 2. The lowest BCUT2D eigenvalue weighted by Crippen LogP contribution is -2.34. The van der Waals surface area contributed by atoms with Gasteiger partial charge in [-0.15, -0.1) is 22.7 Å². The van der Waals surface area contributed by atoms with Crippen molar-refractivity contribution >= 4 is 49.6 Å². The molecule has 1 amide bonds. The molecule has 12 heteroatoms. The third-order valence-electron chi connectivity index (χ3n) is 7.73. The first-order chi connectivity index (χ1) is 21.8. The second-order valence-electron chi connectivity index (χ2n) is 10.6. The monoisotopic (exact) mass is 643 g/mol. The number of hydrogen-bond acceptors (Lipinski definition) is 8. The number of fused-ring (bicyclic) bond motifs is 3. The van der Waals surface area contributed by atoms with Gasteiger partial charge in [0.1, 0.15) is 34.7 Å². The van der Waals surface area contributed by atoms with Crippen molar-refractivity contribution in [3.63, 3.8) is 0 Å². The number of aryl methyl sites for hydroxylation is 1. The molecule has 0 saturated carbocycles. The average molecular weight is 644 g/mol. The number of methoxy groups -OCH3 is 1. The summed E-state index contributed by atoms with van der Waals surface area (Å²) in [6, 6.07) is 9.97. The third kappa shape index (κ3) is 5.28. The summed E-state index contributed by atoms with van der Waals surface area (Å²) in [6.07, 6.45) is 3.83. The maximum absolute atomic E-state index is 16.0. The minimum absolute atomic E-state index is 0.0518. The van der Waals surface area contributed by atoms with E-state index in [-0.39, 0.29) is 30.4 Å². The van der Waals surface area contributed by atoms with Crippen molar-refractivity contribution in [2.24, 2.45) is 7.05 Å². The van der Waals surface area contributed by atoms with Crippen LogP contribution < -0.4 is 4.74 Å². The molecule has 0 aliphatic carbocycles. The van der Waals surface area contributed by atoms with Crippen LogP contribution >= 0.6 is 22.7 Å². The Balaban J connectivity index is 1.49. The van der Waals surface area contributed by atoms with E-state index < -0.39 is 11.6 Å². The lowest BCUT2D eigenvalue weighted by molar-refractivity contribution is -0.126. The van der Waals surface area contributed by atoms with Gasteiger partial charge in [0.15, 0.2) is 0 Å². The summed E-state index contributed by atoms with van der Waals surface area (Å²) >= 11 is 2.86. The van der Waals surface area contributed by atoms with Crippen molar-refractivity contribution < 1.29 is 23.0 Å². The van der Waals surface area contributed by atoms with Crippen molar-refractivity contribution in [3.8, 4) is 38.8 Å². The van der Waals surface area contributed by atoms with E-state index in [1.54, 1.807) is 9.58 Å². The third-order valence-corrected chi connectivity index (χ3v) is 9.76. The molecule has 0 radical (unpaired) electrons. The van der Waals surface area contributed by atoms with Gasteiger partial charge in [-0.25, -0.2) is 18.7 Å². The van der Waals surface area contributed by atoms with Gasteiger partial charge in [0.2, 0.25) is 5.91 Å². The Labute approximate surface area is 265 Å². The molecule has 1 aliphatic rings. The Morgan fingerprint density at radius 1 is 1.11 bits per heavy atom. The number of amides is 1. The smallest absolute Gasteiger partial charge is 0.246 e. The highest BCUT2D eigenvalue weighted by molar-refractivity contribution is 7.18. The molecule has 4 aromatic heterocycles. The van der Waals surface area contributed by atoms with Crippen molar-refractivity contribution in [1.29, 1.82) is 0 Å². The Morgan fingerprint density at radius 3 is 2.80 bits per heavy atom. The molecule has 0 saturated heterocycles. The first-order valence-corrected chi connectivity index (χ1v) is 15.9. The van der Waals surface area contributed by atoms with Crippen LogP contribution in [-0.4, -0.2) is 57.4 Å². The van der Waals surface area contributed by atoms with E-state index >= 15 is 4.39 Å². The number of benzene rings is 2. The number of rotatable bonds is 8. The second kappa shape index (κ2) is 11.8. The molecule has 8 nitrogen and oxygen atoms in total. The van der Waals surface area contributed by atoms with Gasteiger partial charge >= 0.3 is 0 Å². The zero-order valence-corrected chi connectivity index (χ0v) is 26.1. The van der Waals surface area contributed by atoms with Crippen LogP contribution in [0.15, 0.2) is 60.6 Å². The molecule has 0 fully saturated rings. The highest BCUT2D eigenvalue weighted by Gasteiger charge is 2.29. The molecule has 2 aromatic carbocycles. The fourth-order valence-electron chi connectivity index (χ4n) is 5.68. The predicted molar refractivity (Wildman–Crippen MR) is 172 cm³/mol. The minimum Gasteiger partial charge on any atom is -0.490 e. The number of thiazole rings is 1. The standard InChI is InChI=1S/C33H27F2N5O3S2/c1-4-27(41)40-9-7-24-26(17-40)45-33(36-24)31-29(28-22(35)14-20(34)15-25(28)43-11-10-42-3)32-21(8-12-44-32)30(37-31)18-5-6-23-19(13-18)16-39(2)38-23/h4-6,8,12-16H,1,7,9-11,17H2,2-3H3. The molecule has 0 unspecified atom stereocenters. The maximum atomic E-state index is 16.0. The topological polar surface area (TPSA) is 82.4 Å². The van der Waals surface area contributed by atoms with Gasteiger partial charge in [-0.05, 0) is 29.7 Å². The predicted octanol–water partition coefficient (Wildman–Crippen LogP) is 7.01. The molecule has 6 aromatic rings. The van der Waals surface area contributed by atoms with Gasteiger partial charge in [0.05, 0.1) is 35.6 Å². The molecule has 0 N–H and O–H groups in total. The fourth-order valence-corrected chi connectivity index (χ4v) is 7.75. The molecule has 45 heavy (non-hydrogen) atoms. The van der Waals surface area contributed by atoms with E-state index in [0.29, 0.717) is 41.5 Å². The number of carbonyl (C=O) groups excluding carboxylic acids is 1. The second-order valence-corrected chi connectivity index (χ2v) is 12.6. The van der Waals surface area contributed by atoms with Crippen LogP contribution in [0.3, 0.4) is 0 Å². The molecule has 5 heterocycles. The minimum atomic E-state index is -0.770. The zero-order valence-electron chi connectivity index (χ0n) is 24.5. The summed E-state index contributed by atoms with van der Waals surface area (Å²) in [7, 11) is 3.41. The van der Waals surface area contributed by atoms with Crippen LogP contribution in [0, 0.1) is 11.6 Å². The summed E-state index contributed by atoms with van der Waals surface area (Å²) < 4.78 is 44.1. The highest BCUT2D eigenvalue weighted by Crippen LogP contribution is 2.48. The summed E-state index contributed by atoms with van der Waals surface area (Å²) in [5, 5.41) is 8.79.